The van der Waals surface area contributed by atoms with Crippen molar-refractivity contribution in [3.05, 3.63) is 24.3 Å². The molecule has 0 unspecified atom stereocenters. The van der Waals surface area contributed by atoms with Crippen LogP contribution in [0.25, 0.3) is 11.5 Å². The molecule has 0 bridgehead atoms. The van der Waals surface area contributed by atoms with Gasteiger partial charge in [0.1, 0.15) is 11.5 Å². The minimum absolute atomic E-state index is 0.107. The maximum absolute atomic E-state index is 10.4. The van der Waals surface area contributed by atoms with Crippen molar-refractivity contribution in [2.24, 2.45) is 0 Å². The Balaban J connectivity index is 2.10. The standard InChI is InChI=1S/C11H10N2O4S/c1-16-8-4-2-7(3-5-8)10-12-13-11(17-10)18-6-9(14)15/h2-5H,6H2,1H3,(H,14,15). The molecule has 0 amide bonds. The molecule has 0 atom stereocenters. The van der Waals surface area contributed by atoms with Crippen LogP contribution < -0.4 is 4.74 Å². The SMILES string of the molecule is COc1ccc(-c2nnc(SCC(=O)O)o2)cc1. The molecular weight excluding hydrogens is 256 g/mol. The largest absolute Gasteiger partial charge is 0.497 e. The van der Waals surface area contributed by atoms with Gasteiger partial charge in [-0.3, -0.25) is 4.79 Å². The van der Waals surface area contributed by atoms with Crippen molar-refractivity contribution in [2.45, 2.75) is 5.22 Å². The lowest BCUT2D eigenvalue weighted by Crippen LogP contribution is -1.97. The fraction of sp³-hybridized carbons (Fsp3) is 0.182. The number of carbonyl (C=O) groups is 1. The third-order valence-corrected chi connectivity index (χ3v) is 2.87. The summed E-state index contributed by atoms with van der Waals surface area (Å²) in [5, 5.41) is 16.4. The molecule has 0 aliphatic rings. The maximum atomic E-state index is 10.4. The Kier molecular flexibility index (Phi) is 3.83. The first kappa shape index (κ1) is 12.4. The first-order valence-electron chi connectivity index (χ1n) is 5.01. The number of thioether (sulfide) groups is 1. The Bertz CT molecular complexity index is 538. The summed E-state index contributed by atoms with van der Waals surface area (Å²) in [7, 11) is 1.59. The Morgan fingerprint density at radius 2 is 2.11 bits per heavy atom. The lowest BCUT2D eigenvalue weighted by atomic mass is 10.2. The number of benzene rings is 1. The second-order valence-corrected chi connectivity index (χ2v) is 4.21. The number of methoxy groups -OCH3 is 1. The summed E-state index contributed by atoms with van der Waals surface area (Å²) < 4.78 is 10.4. The molecule has 6 nitrogen and oxygen atoms in total. The molecular formula is C11H10N2O4S. The van der Waals surface area contributed by atoms with Gasteiger partial charge in [0.05, 0.1) is 7.11 Å². The van der Waals surface area contributed by atoms with E-state index in [4.69, 9.17) is 14.3 Å². The third-order valence-electron chi connectivity index (χ3n) is 2.06. The quantitative estimate of drug-likeness (QED) is 0.827. The molecule has 0 fully saturated rings. The van der Waals surface area contributed by atoms with Crippen molar-refractivity contribution in [1.29, 1.82) is 0 Å². The van der Waals surface area contributed by atoms with Crippen LogP contribution in [0, 0.1) is 0 Å². The molecule has 94 valence electrons. The second kappa shape index (κ2) is 5.54. The zero-order chi connectivity index (χ0) is 13.0. The molecule has 1 N–H and O–H groups in total. The van der Waals surface area contributed by atoms with Gasteiger partial charge in [0.25, 0.3) is 5.22 Å². The number of carboxylic acids is 1. The van der Waals surface area contributed by atoms with Crippen LogP contribution >= 0.6 is 11.8 Å². The molecule has 0 saturated heterocycles. The van der Waals surface area contributed by atoms with E-state index in [0.29, 0.717) is 5.89 Å². The number of aliphatic carboxylic acids is 1. The minimum Gasteiger partial charge on any atom is -0.497 e. The Labute approximate surface area is 107 Å². The van der Waals surface area contributed by atoms with Crippen LogP contribution in [0.1, 0.15) is 0 Å². The van der Waals surface area contributed by atoms with Gasteiger partial charge >= 0.3 is 5.97 Å². The van der Waals surface area contributed by atoms with E-state index in [1.165, 1.54) is 0 Å². The fourth-order valence-electron chi connectivity index (χ4n) is 1.24. The summed E-state index contributed by atoms with van der Waals surface area (Å²) >= 11 is 0.987. The molecule has 0 spiro atoms. The minimum atomic E-state index is -0.927. The van der Waals surface area contributed by atoms with Crippen LogP contribution in [0.4, 0.5) is 0 Å². The highest BCUT2D eigenvalue weighted by atomic mass is 32.2. The number of rotatable bonds is 5. The van der Waals surface area contributed by atoms with E-state index in [-0.39, 0.29) is 11.0 Å². The lowest BCUT2D eigenvalue weighted by molar-refractivity contribution is -0.133. The van der Waals surface area contributed by atoms with E-state index in [1.807, 2.05) is 0 Å². The molecule has 0 aliphatic heterocycles. The number of nitrogens with zero attached hydrogens (tertiary/aromatic N) is 2. The van der Waals surface area contributed by atoms with Crippen molar-refractivity contribution in [3.8, 4) is 17.2 Å². The van der Waals surface area contributed by atoms with Crippen molar-refractivity contribution in [2.75, 3.05) is 12.9 Å². The number of hydrogen-bond donors (Lipinski definition) is 1. The van der Waals surface area contributed by atoms with Gasteiger partial charge in [0.2, 0.25) is 5.89 Å². The molecule has 0 saturated carbocycles. The average molecular weight is 266 g/mol. The van der Waals surface area contributed by atoms with Crippen molar-refractivity contribution >= 4 is 17.7 Å². The highest BCUT2D eigenvalue weighted by molar-refractivity contribution is 7.99. The highest BCUT2D eigenvalue weighted by Gasteiger charge is 2.10. The van der Waals surface area contributed by atoms with Crippen LogP contribution in [0.15, 0.2) is 33.9 Å². The van der Waals surface area contributed by atoms with Crippen molar-refractivity contribution in [3.63, 3.8) is 0 Å². The van der Waals surface area contributed by atoms with Crippen LogP contribution in [0.3, 0.4) is 0 Å². The molecule has 1 aromatic carbocycles. The van der Waals surface area contributed by atoms with Gasteiger partial charge in [-0.05, 0) is 24.3 Å². The van der Waals surface area contributed by atoms with E-state index in [0.717, 1.165) is 23.1 Å². The highest BCUT2D eigenvalue weighted by Crippen LogP contribution is 2.24. The summed E-state index contributed by atoms with van der Waals surface area (Å²) in [4.78, 5) is 10.4. The molecule has 2 aromatic rings. The number of aromatic nitrogens is 2. The van der Waals surface area contributed by atoms with E-state index >= 15 is 0 Å². The Hall–Kier alpha value is -2.02. The molecule has 7 heteroatoms. The van der Waals surface area contributed by atoms with Crippen LogP contribution in [0.5, 0.6) is 5.75 Å². The first-order valence-corrected chi connectivity index (χ1v) is 6.00. The zero-order valence-electron chi connectivity index (χ0n) is 9.49. The molecule has 1 heterocycles. The zero-order valence-corrected chi connectivity index (χ0v) is 10.3. The predicted octanol–water partition coefficient (Wildman–Crippen LogP) is 1.92. The van der Waals surface area contributed by atoms with E-state index in [1.54, 1.807) is 31.4 Å². The van der Waals surface area contributed by atoms with Crippen molar-refractivity contribution in [1.82, 2.24) is 10.2 Å². The van der Waals surface area contributed by atoms with Gasteiger partial charge in [-0.15, -0.1) is 10.2 Å². The summed E-state index contributed by atoms with van der Waals surface area (Å²) in [6.07, 6.45) is 0. The molecule has 0 radical (unpaired) electrons. The van der Waals surface area contributed by atoms with E-state index in [2.05, 4.69) is 10.2 Å². The number of hydrogen-bond acceptors (Lipinski definition) is 6. The predicted molar refractivity (Wildman–Crippen MR) is 64.6 cm³/mol. The van der Waals surface area contributed by atoms with Gasteiger partial charge in [0, 0.05) is 5.56 Å². The van der Waals surface area contributed by atoms with Crippen LogP contribution in [-0.2, 0) is 4.79 Å². The topological polar surface area (TPSA) is 85.5 Å². The van der Waals surface area contributed by atoms with Crippen molar-refractivity contribution < 1.29 is 19.1 Å². The van der Waals surface area contributed by atoms with Gasteiger partial charge in [-0.2, -0.15) is 0 Å². The Morgan fingerprint density at radius 1 is 1.39 bits per heavy atom. The normalized spacial score (nSPS) is 10.3. The van der Waals surface area contributed by atoms with Gasteiger partial charge in [-0.1, -0.05) is 11.8 Å². The van der Waals surface area contributed by atoms with E-state index in [9.17, 15) is 4.79 Å². The average Bonchev–Trinajstić information content (AvgIpc) is 2.85. The molecule has 0 aliphatic carbocycles. The smallest absolute Gasteiger partial charge is 0.314 e. The summed E-state index contributed by atoms with van der Waals surface area (Å²) in [5.41, 5.74) is 0.755. The van der Waals surface area contributed by atoms with Gasteiger partial charge < -0.3 is 14.3 Å². The third kappa shape index (κ3) is 3.01. The molecule has 1 aromatic heterocycles. The van der Waals surface area contributed by atoms with Gasteiger partial charge in [0.15, 0.2) is 0 Å². The fourth-order valence-corrected chi connectivity index (χ4v) is 1.73. The Morgan fingerprint density at radius 3 is 2.72 bits per heavy atom. The van der Waals surface area contributed by atoms with Crippen LogP contribution in [-0.4, -0.2) is 34.1 Å². The monoisotopic (exact) mass is 266 g/mol. The first-order chi connectivity index (χ1) is 8.69. The summed E-state index contributed by atoms with van der Waals surface area (Å²) in [5.74, 6) is 0.0537. The summed E-state index contributed by atoms with van der Waals surface area (Å²) in [6.45, 7) is 0. The number of ether oxygens (including phenoxy) is 1. The van der Waals surface area contributed by atoms with Crippen LogP contribution in [0.2, 0.25) is 0 Å². The maximum Gasteiger partial charge on any atom is 0.314 e. The molecule has 2 rings (SSSR count). The van der Waals surface area contributed by atoms with E-state index < -0.39 is 5.97 Å². The summed E-state index contributed by atoms with van der Waals surface area (Å²) in [6, 6.07) is 7.14. The van der Waals surface area contributed by atoms with Gasteiger partial charge in [-0.25, -0.2) is 0 Å². The second-order valence-electron chi connectivity index (χ2n) is 3.28. The lowest BCUT2D eigenvalue weighted by Gasteiger charge is -1.99. The molecule has 18 heavy (non-hydrogen) atoms. The number of carboxylic acid groups (broad SMARTS) is 1.